The number of hydrogen-bond donors (Lipinski definition) is 1. The number of rotatable bonds is 2. The zero-order valence-electron chi connectivity index (χ0n) is 14.0. The molecule has 5 nitrogen and oxygen atoms in total. The lowest BCUT2D eigenvalue weighted by atomic mass is 10.1. The highest BCUT2D eigenvalue weighted by Gasteiger charge is 2.16. The van der Waals surface area contributed by atoms with Crippen LogP contribution in [0.3, 0.4) is 0 Å². The van der Waals surface area contributed by atoms with Crippen LogP contribution in [0.1, 0.15) is 16.7 Å². The van der Waals surface area contributed by atoms with Gasteiger partial charge in [-0.25, -0.2) is 0 Å². The summed E-state index contributed by atoms with van der Waals surface area (Å²) in [6.45, 7) is 8.32. The molecule has 0 spiro atoms. The van der Waals surface area contributed by atoms with Gasteiger partial charge in [0.05, 0.1) is 5.52 Å². The molecular formula is C18H23N3O2. The minimum atomic E-state index is -0.218. The van der Waals surface area contributed by atoms with Crippen LogP contribution in [0.4, 0.5) is 0 Å². The Kier molecular flexibility index (Phi) is 4.33. The topological polar surface area (TPSA) is 56.4 Å². The van der Waals surface area contributed by atoms with E-state index >= 15 is 0 Å². The van der Waals surface area contributed by atoms with E-state index in [1.807, 2.05) is 26.0 Å². The lowest BCUT2D eigenvalue weighted by molar-refractivity contribution is 0.148. The third kappa shape index (κ3) is 3.35. The van der Waals surface area contributed by atoms with Crippen molar-refractivity contribution in [2.24, 2.45) is 0 Å². The van der Waals surface area contributed by atoms with Crippen LogP contribution >= 0.6 is 0 Å². The second-order valence-corrected chi connectivity index (χ2v) is 6.55. The number of nitrogens with zero attached hydrogens (tertiary/aromatic N) is 2. The SMILES string of the molecule is Cc1cc2[nH]c(=O)cc(CN3CCN(C)CC3)c(=O)c2cc1C. The molecule has 5 heteroatoms. The van der Waals surface area contributed by atoms with Crippen LogP contribution in [0.2, 0.25) is 0 Å². The van der Waals surface area contributed by atoms with Crippen molar-refractivity contribution >= 4 is 10.9 Å². The van der Waals surface area contributed by atoms with Crippen LogP contribution in [-0.2, 0) is 6.54 Å². The summed E-state index contributed by atoms with van der Waals surface area (Å²) in [6.07, 6.45) is 0. The maximum atomic E-state index is 12.9. The standard InChI is InChI=1S/C18H23N3O2/c1-12-8-15-16(9-13(12)2)19-17(22)10-14(18(15)23)11-21-6-4-20(3)5-7-21/h8-10H,4-7,11H2,1-3H3,(H,19,22). The van der Waals surface area contributed by atoms with Gasteiger partial charge in [-0.15, -0.1) is 0 Å². The first-order chi connectivity index (χ1) is 10.9. The van der Waals surface area contributed by atoms with E-state index in [0.717, 1.165) is 37.3 Å². The molecule has 0 atom stereocenters. The van der Waals surface area contributed by atoms with Crippen molar-refractivity contribution in [2.75, 3.05) is 33.2 Å². The number of piperazine rings is 1. The molecule has 0 radical (unpaired) electrons. The Bertz CT molecular complexity index is 849. The third-order valence-electron chi connectivity index (χ3n) is 4.72. The molecule has 2 aromatic rings. The van der Waals surface area contributed by atoms with Crippen LogP contribution in [0.25, 0.3) is 10.9 Å². The van der Waals surface area contributed by atoms with Crippen LogP contribution in [-0.4, -0.2) is 48.0 Å². The van der Waals surface area contributed by atoms with E-state index in [1.165, 1.54) is 6.07 Å². The Morgan fingerprint density at radius 1 is 1.00 bits per heavy atom. The molecule has 1 aromatic heterocycles. The minimum Gasteiger partial charge on any atom is -0.322 e. The molecule has 2 heterocycles. The average Bonchev–Trinajstić information content (AvgIpc) is 2.61. The summed E-state index contributed by atoms with van der Waals surface area (Å²) in [7, 11) is 2.10. The number of aryl methyl sites for hydroxylation is 2. The number of aromatic amines is 1. The van der Waals surface area contributed by atoms with Gasteiger partial charge in [0.2, 0.25) is 5.56 Å². The van der Waals surface area contributed by atoms with Crippen LogP contribution in [0.15, 0.2) is 27.8 Å². The van der Waals surface area contributed by atoms with Gasteiger partial charge in [0.25, 0.3) is 0 Å². The molecule has 0 aliphatic carbocycles. The molecular weight excluding hydrogens is 290 g/mol. The molecule has 1 fully saturated rings. The molecule has 0 amide bonds. The molecule has 122 valence electrons. The van der Waals surface area contributed by atoms with Crippen molar-refractivity contribution in [1.82, 2.24) is 14.8 Å². The Labute approximate surface area is 135 Å². The Balaban J connectivity index is 2.07. The number of likely N-dealkylation sites (N-methyl/N-ethyl adjacent to an activating group) is 1. The highest BCUT2D eigenvalue weighted by atomic mass is 16.1. The van der Waals surface area contributed by atoms with E-state index in [4.69, 9.17) is 0 Å². The van der Waals surface area contributed by atoms with E-state index in [2.05, 4.69) is 21.8 Å². The predicted octanol–water partition coefficient (Wildman–Crippen LogP) is 1.25. The average molecular weight is 313 g/mol. The number of aromatic nitrogens is 1. The van der Waals surface area contributed by atoms with Gasteiger partial charge in [-0.2, -0.15) is 0 Å². The number of fused-ring (bicyclic) bond motifs is 1. The highest BCUT2D eigenvalue weighted by Crippen LogP contribution is 2.14. The Morgan fingerprint density at radius 2 is 1.65 bits per heavy atom. The summed E-state index contributed by atoms with van der Waals surface area (Å²) in [5.74, 6) is 0. The van der Waals surface area contributed by atoms with Crippen molar-refractivity contribution in [1.29, 1.82) is 0 Å². The lowest BCUT2D eigenvalue weighted by Crippen LogP contribution is -2.44. The maximum absolute atomic E-state index is 12.9. The summed E-state index contributed by atoms with van der Waals surface area (Å²) >= 11 is 0. The third-order valence-corrected chi connectivity index (χ3v) is 4.72. The monoisotopic (exact) mass is 313 g/mol. The zero-order chi connectivity index (χ0) is 16.6. The fraction of sp³-hybridized carbons (Fsp3) is 0.444. The number of H-pyrrole nitrogens is 1. The van der Waals surface area contributed by atoms with Gasteiger partial charge < -0.3 is 9.88 Å². The molecule has 1 aromatic carbocycles. The molecule has 23 heavy (non-hydrogen) atoms. The normalized spacial score (nSPS) is 16.8. The second-order valence-electron chi connectivity index (χ2n) is 6.55. The van der Waals surface area contributed by atoms with Crippen LogP contribution in [0, 0.1) is 13.8 Å². The fourth-order valence-corrected chi connectivity index (χ4v) is 3.04. The van der Waals surface area contributed by atoms with Crippen molar-refractivity contribution in [3.8, 4) is 0 Å². The van der Waals surface area contributed by atoms with Crippen LogP contribution < -0.4 is 11.0 Å². The van der Waals surface area contributed by atoms with Gasteiger partial charge in [-0.1, -0.05) is 0 Å². The first-order valence-electron chi connectivity index (χ1n) is 8.02. The van der Waals surface area contributed by atoms with Crippen molar-refractivity contribution < 1.29 is 0 Å². The van der Waals surface area contributed by atoms with Crippen LogP contribution in [0.5, 0.6) is 0 Å². The van der Waals surface area contributed by atoms with Crippen molar-refractivity contribution in [2.45, 2.75) is 20.4 Å². The molecule has 0 bridgehead atoms. The molecule has 3 rings (SSSR count). The van der Waals surface area contributed by atoms with Crippen molar-refractivity contribution in [3.05, 3.63) is 55.5 Å². The van der Waals surface area contributed by atoms with Gasteiger partial charge in [-0.3, -0.25) is 14.5 Å². The molecule has 1 saturated heterocycles. The lowest BCUT2D eigenvalue weighted by Gasteiger charge is -2.32. The number of benzene rings is 1. The molecule has 1 aliphatic rings. The summed E-state index contributed by atoms with van der Waals surface area (Å²) in [6, 6.07) is 5.23. The van der Waals surface area contributed by atoms with E-state index in [9.17, 15) is 9.59 Å². The second kappa shape index (κ2) is 6.26. The molecule has 1 aliphatic heterocycles. The molecule has 0 unspecified atom stereocenters. The Hall–Kier alpha value is -1.98. The van der Waals surface area contributed by atoms with Gasteiger partial charge in [-0.05, 0) is 44.2 Å². The summed E-state index contributed by atoms with van der Waals surface area (Å²) in [4.78, 5) is 32.4. The van der Waals surface area contributed by atoms with Gasteiger partial charge in [0.15, 0.2) is 5.43 Å². The largest absolute Gasteiger partial charge is 0.322 e. The van der Waals surface area contributed by atoms with Gasteiger partial charge >= 0.3 is 0 Å². The smallest absolute Gasteiger partial charge is 0.248 e. The summed E-state index contributed by atoms with van der Waals surface area (Å²) < 4.78 is 0. The first kappa shape index (κ1) is 15.9. The van der Waals surface area contributed by atoms with E-state index in [0.29, 0.717) is 23.0 Å². The predicted molar refractivity (Wildman–Crippen MR) is 93.1 cm³/mol. The molecule has 1 N–H and O–H groups in total. The van der Waals surface area contributed by atoms with E-state index in [1.54, 1.807) is 0 Å². The van der Waals surface area contributed by atoms with E-state index < -0.39 is 0 Å². The van der Waals surface area contributed by atoms with Crippen molar-refractivity contribution in [3.63, 3.8) is 0 Å². The van der Waals surface area contributed by atoms with Gasteiger partial charge in [0, 0.05) is 49.7 Å². The van der Waals surface area contributed by atoms with Gasteiger partial charge in [0.1, 0.15) is 0 Å². The summed E-state index contributed by atoms with van der Waals surface area (Å²) in [5, 5.41) is 0.597. The quantitative estimate of drug-likeness (QED) is 0.907. The Morgan fingerprint density at radius 3 is 2.35 bits per heavy atom. The minimum absolute atomic E-state index is 0.0413. The highest BCUT2D eigenvalue weighted by molar-refractivity contribution is 5.80. The number of nitrogens with one attached hydrogen (secondary N) is 1. The fourth-order valence-electron chi connectivity index (χ4n) is 3.04. The molecule has 0 saturated carbocycles. The first-order valence-corrected chi connectivity index (χ1v) is 8.02. The number of hydrogen-bond acceptors (Lipinski definition) is 4. The van der Waals surface area contributed by atoms with E-state index in [-0.39, 0.29) is 11.0 Å². The zero-order valence-corrected chi connectivity index (χ0v) is 14.0. The summed E-state index contributed by atoms with van der Waals surface area (Å²) in [5.41, 5.74) is 3.07. The maximum Gasteiger partial charge on any atom is 0.248 e.